The average Bonchev–Trinajstić information content (AvgIpc) is 2.84. The Hall–Kier alpha value is -0.420. The first kappa shape index (κ1) is 16.0. The Morgan fingerprint density at radius 2 is 1.95 bits per heavy atom. The molecule has 0 amide bonds. The molecule has 1 saturated heterocycles. The van der Waals surface area contributed by atoms with E-state index in [1.54, 1.807) is 0 Å². The van der Waals surface area contributed by atoms with Crippen molar-refractivity contribution in [3.63, 3.8) is 0 Å². The summed E-state index contributed by atoms with van der Waals surface area (Å²) in [7, 11) is 0. The van der Waals surface area contributed by atoms with Crippen LogP contribution >= 0.6 is 11.3 Å². The molecule has 2 heterocycles. The van der Waals surface area contributed by atoms with Gasteiger partial charge in [0, 0.05) is 16.3 Å². The summed E-state index contributed by atoms with van der Waals surface area (Å²) in [6, 6.07) is 4.40. The van der Waals surface area contributed by atoms with Gasteiger partial charge in [-0.15, -0.1) is 11.3 Å². The molecule has 4 heteroatoms. The van der Waals surface area contributed by atoms with E-state index < -0.39 is 0 Å². The second-order valence-corrected chi connectivity index (χ2v) is 6.96. The molecule has 0 aromatic carbocycles. The first-order valence-electron chi connectivity index (χ1n) is 7.72. The highest BCUT2D eigenvalue weighted by molar-refractivity contribution is 7.11. The molecular formula is C16H27NO2S. The SMILES string of the molecule is CCCNCc1ccc(COC2CC(C)OC(C)C2)s1. The van der Waals surface area contributed by atoms with Crippen molar-refractivity contribution in [1.82, 2.24) is 5.32 Å². The zero-order valence-corrected chi connectivity index (χ0v) is 13.7. The molecule has 114 valence electrons. The Morgan fingerprint density at radius 3 is 2.65 bits per heavy atom. The molecule has 2 unspecified atom stereocenters. The Bertz CT molecular complexity index is 384. The van der Waals surface area contributed by atoms with Gasteiger partial charge in [0.05, 0.1) is 24.9 Å². The van der Waals surface area contributed by atoms with Crippen LogP contribution in [-0.2, 0) is 22.6 Å². The highest BCUT2D eigenvalue weighted by Crippen LogP contribution is 2.24. The van der Waals surface area contributed by atoms with E-state index in [2.05, 4.69) is 38.2 Å². The van der Waals surface area contributed by atoms with Crippen molar-refractivity contribution in [2.45, 2.75) is 71.5 Å². The molecule has 2 atom stereocenters. The smallest absolute Gasteiger partial charge is 0.0813 e. The molecule has 20 heavy (non-hydrogen) atoms. The minimum atomic E-state index is 0.320. The van der Waals surface area contributed by atoms with Crippen LogP contribution in [0.5, 0.6) is 0 Å². The highest BCUT2D eigenvalue weighted by Gasteiger charge is 2.24. The van der Waals surface area contributed by atoms with Crippen molar-refractivity contribution < 1.29 is 9.47 Å². The summed E-state index contributed by atoms with van der Waals surface area (Å²) in [5.41, 5.74) is 0. The summed E-state index contributed by atoms with van der Waals surface area (Å²) in [4.78, 5) is 2.72. The fourth-order valence-electron chi connectivity index (χ4n) is 2.66. The van der Waals surface area contributed by atoms with E-state index in [1.165, 1.54) is 16.2 Å². The van der Waals surface area contributed by atoms with E-state index in [0.717, 1.165) is 32.5 Å². The van der Waals surface area contributed by atoms with Crippen LogP contribution in [-0.4, -0.2) is 24.9 Å². The van der Waals surface area contributed by atoms with Gasteiger partial charge in [0.2, 0.25) is 0 Å². The molecule has 1 aliphatic rings. The maximum Gasteiger partial charge on any atom is 0.0813 e. The lowest BCUT2D eigenvalue weighted by atomic mass is 10.0. The Labute approximate surface area is 126 Å². The van der Waals surface area contributed by atoms with Crippen molar-refractivity contribution in [3.8, 4) is 0 Å². The fourth-order valence-corrected chi connectivity index (χ4v) is 3.57. The summed E-state index contributed by atoms with van der Waals surface area (Å²) >= 11 is 1.85. The Balaban J connectivity index is 1.73. The van der Waals surface area contributed by atoms with Gasteiger partial charge in [-0.3, -0.25) is 0 Å². The lowest BCUT2D eigenvalue weighted by Gasteiger charge is -2.31. The van der Waals surface area contributed by atoms with E-state index in [0.29, 0.717) is 18.3 Å². The highest BCUT2D eigenvalue weighted by atomic mass is 32.1. The van der Waals surface area contributed by atoms with Crippen LogP contribution in [0.15, 0.2) is 12.1 Å². The molecule has 1 aromatic heterocycles. The molecule has 0 radical (unpaired) electrons. The second-order valence-electron chi connectivity index (χ2n) is 5.71. The number of hydrogen-bond acceptors (Lipinski definition) is 4. The molecule has 1 N–H and O–H groups in total. The maximum absolute atomic E-state index is 6.06. The maximum atomic E-state index is 6.06. The zero-order valence-electron chi connectivity index (χ0n) is 12.9. The quantitative estimate of drug-likeness (QED) is 0.778. The third-order valence-corrected chi connectivity index (χ3v) is 4.62. The standard InChI is InChI=1S/C16H27NO2S/c1-4-7-17-10-15-5-6-16(20-15)11-18-14-8-12(2)19-13(3)9-14/h5-6,12-14,17H,4,7-11H2,1-3H3. The predicted molar refractivity (Wildman–Crippen MR) is 84.1 cm³/mol. The van der Waals surface area contributed by atoms with Crippen LogP contribution in [0.3, 0.4) is 0 Å². The molecule has 1 aliphatic heterocycles. The van der Waals surface area contributed by atoms with Gasteiger partial charge in [-0.1, -0.05) is 6.92 Å². The second kappa shape index (κ2) is 8.13. The number of ether oxygens (including phenoxy) is 2. The Kier molecular flexibility index (Phi) is 6.49. The molecule has 2 rings (SSSR count). The van der Waals surface area contributed by atoms with E-state index in [9.17, 15) is 0 Å². The summed E-state index contributed by atoms with van der Waals surface area (Å²) in [6.45, 7) is 9.26. The van der Waals surface area contributed by atoms with Crippen LogP contribution in [0, 0.1) is 0 Å². The lowest BCUT2D eigenvalue weighted by Crippen LogP contribution is -2.33. The first-order valence-corrected chi connectivity index (χ1v) is 8.54. The van der Waals surface area contributed by atoms with Crippen molar-refractivity contribution >= 4 is 11.3 Å². The molecular weight excluding hydrogens is 270 g/mol. The Morgan fingerprint density at radius 1 is 1.25 bits per heavy atom. The predicted octanol–water partition coefficient (Wildman–Crippen LogP) is 3.72. The van der Waals surface area contributed by atoms with Crippen molar-refractivity contribution in [1.29, 1.82) is 0 Å². The summed E-state index contributed by atoms with van der Waals surface area (Å²) in [5.74, 6) is 0. The van der Waals surface area contributed by atoms with E-state index in [1.807, 2.05) is 11.3 Å². The van der Waals surface area contributed by atoms with Gasteiger partial charge in [0.15, 0.2) is 0 Å². The summed E-state index contributed by atoms with van der Waals surface area (Å²) < 4.78 is 11.8. The van der Waals surface area contributed by atoms with E-state index >= 15 is 0 Å². The number of thiophene rings is 1. The number of rotatable bonds is 7. The summed E-state index contributed by atoms with van der Waals surface area (Å²) in [6.07, 6.45) is 4.20. The molecule has 1 aromatic rings. The van der Waals surface area contributed by atoms with Crippen LogP contribution < -0.4 is 5.32 Å². The molecule has 3 nitrogen and oxygen atoms in total. The van der Waals surface area contributed by atoms with Gasteiger partial charge in [0.25, 0.3) is 0 Å². The average molecular weight is 297 g/mol. The fraction of sp³-hybridized carbons (Fsp3) is 0.750. The molecule has 0 bridgehead atoms. The first-order chi connectivity index (χ1) is 9.67. The largest absolute Gasteiger partial charge is 0.375 e. The zero-order chi connectivity index (χ0) is 14.4. The van der Waals surface area contributed by atoms with Gasteiger partial charge in [0.1, 0.15) is 0 Å². The minimum Gasteiger partial charge on any atom is -0.375 e. The van der Waals surface area contributed by atoms with E-state index in [4.69, 9.17) is 9.47 Å². The van der Waals surface area contributed by atoms with Gasteiger partial charge < -0.3 is 14.8 Å². The minimum absolute atomic E-state index is 0.320. The topological polar surface area (TPSA) is 30.5 Å². The van der Waals surface area contributed by atoms with Crippen LogP contribution in [0.4, 0.5) is 0 Å². The van der Waals surface area contributed by atoms with Gasteiger partial charge in [-0.25, -0.2) is 0 Å². The third-order valence-electron chi connectivity index (χ3n) is 3.56. The lowest BCUT2D eigenvalue weighted by molar-refractivity contribution is -0.105. The van der Waals surface area contributed by atoms with Crippen molar-refractivity contribution in [2.24, 2.45) is 0 Å². The number of nitrogens with one attached hydrogen (secondary N) is 1. The van der Waals surface area contributed by atoms with Crippen LogP contribution in [0.1, 0.15) is 49.8 Å². The molecule has 0 spiro atoms. The van der Waals surface area contributed by atoms with Crippen LogP contribution in [0.2, 0.25) is 0 Å². The molecule has 0 aliphatic carbocycles. The molecule has 1 fully saturated rings. The van der Waals surface area contributed by atoms with E-state index in [-0.39, 0.29) is 0 Å². The van der Waals surface area contributed by atoms with Crippen molar-refractivity contribution in [2.75, 3.05) is 6.54 Å². The normalized spacial score (nSPS) is 26.9. The van der Waals surface area contributed by atoms with Crippen molar-refractivity contribution in [3.05, 3.63) is 21.9 Å². The summed E-state index contributed by atoms with van der Waals surface area (Å²) in [5, 5.41) is 3.43. The van der Waals surface area contributed by atoms with Gasteiger partial charge >= 0.3 is 0 Å². The van der Waals surface area contributed by atoms with Gasteiger partial charge in [-0.2, -0.15) is 0 Å². The molecule has 0 saturated carbocycles. The van der Waals surface area contributed by atoms with Crippen LogP contribution in [0.25, 0.3) is 0 Å². The van der Waals surface area contributed by atoms with Gasteiger partial charge in [-0.05, 0) is 51.8 Å². The number of hydrogen-bond donors (Lipinski definition) is 1. The monoisotopic (exact) mass is 297 g/mol. The third kappa shape index (κ3) is 5.17.